The van der Waals surface area contributed by atoms with Crippen LogP contribution in [0, 0.1) is 52.3 Å². The summed E-state index contributed by atoms with van der Waals surface area (Å²) in [6.45, 7) is 9.83. The van der Waals surface area contributed by atoms with Gasteiger partial charge in [0, 0.05) is 12.3 Å². The van der Waals surface area contributed by atoms with Crippen LogP contribution < -0.4 is 0 Å². The zero-order chi connectivity index (χ0) is 24.5. The number of aromatic nitrogens is 2. The SMILES string of the molecule is CC[C@@H]1C2C[C@H](O)CCC2(C)[C@H]2CCC3(C)C([C@H](C)CCc4nc(C5CC5)no4)CC[C@H]3[C@@H]2[C@@H]1O. The van der Waals surface area contributed by atoms with Crippen molar-refractivity contribution in [3.05, 3.63) is 11.7 Å². The second-order valence-corrected chi connectivity index (χ2v) is 14.0. The van der Waals surface area contributed by atoms with E-state index in [0.717, 1.165) is 50.2 Å². The molecule has 5 aliphatic carbocycles. The number of aryl methyl sites for hydroxylation is 1. The van der Waals surface area contributed by atoms with Crippen LogP contribution in [0.3, 0.4) is 0 Å². The van der Waals surface area contributed by atoms with Gasteiger partial charge < -0.3 is 14.7 Å². The molecule has 0 aromatic carbocycles. The van der Waals surface area contributed by atoms with Gasteiger partial charge in [-0.3, -0.25) is 0 Å². The molecule has 5 heteroatoms. The fraction of sp³-hybridized carbons (Fsp3) is 0.933. The second-order valence-electron chi connectivity index (χ2n) is 14.0. The van der Waals surface area contributed by atoms with Gasteiger partial charge in [-0.15, -0.1) is 0 Å². The van der Waals surface area contributed by atoms with Gasteiger partial charge in [-0.1, -0.05) is 39.3 Å². The third-order valence-electron chi connectivity index (χ3n) is 12.4. The Labute approximate surface area is 211 Å². The molecule has 5 fully saturated rings. The third-order valence-corrected chi connectivity index (χ3v) is 12.4. The normalized spacial score (nSPS) is 48.2. The monoisotopic (exact) mass is 484 g/mol. The molecule has 5 nitrogen and oxygen atoms in total. The smallest absolute Gasteiger partial charge is 0.226 e. The minimum absolute atomic E-state index is 0.171. The summed E-state index contributed by atoms with van der Waals surface area (Å²) in [4.78, 5) is 4.67. The van der Waals surface area contributed by atoms with E-state index >= 15 is 0 Å². The number of hydrogen-bond donors (Lipinski definition) is 2. The first-order valence-corrected chi connectivity index (χ1v) is 14.9. The molecule has 0 amide bonds. The number of aliphatic hydroxyl groups is 2. The zero-order valence-electron chi connectivity index (χ0n) is 22.5. The number of aliphatic hydroxyl groups excluding tert-OH is 2. The van der Waals surface area contributed by atoms with Gasteiger partial charge in [-0.25, -0.2) is 0 Å². The summed E-state index contributed by atoms with van der Waals surface area (Å²) in [6, 6.07) is 0. The number of fused-ring (bicyclic) bond motifs is 5. The van der Waals surface area contributed by atoms with Gasteiger partial charge in [0.2, 0.25) is 5.89 Å². The predicted molar refractivity (Wildman–Crippen MR) is 136 cm³/mol. The highest BCUT2D eigenvalue weighted by Gasteiger charge is 2.64. The Hall–Kier alpha value is -0.940. The fourth-order valence-corrected chi connectivity index (χ4v) is 10.4. The van der Waals surface area contributed by atoms with Crippen molar-refractivity contribution in [3.63, 3.8) is 0 Å². The molecule has 4 unspecified atom stereocenters. The minimum Gasteiger partial charge on any atom is -0.393 e. The summed E-state index contributed by atoms with van der Waals surface area (Å²) in [6.07, 6.45) is 13.2. The van der Waals surface area contributed by atoms with E-state index in [1.165, 1.54) is 38.5 Å². The molecule has 6 rings (SSSR count). The van der Waals surface area contributed by atoms with Gasteiger partial charge in [0.15, 0.2) is 5.82 Å². The molecule has 35 heavy (non-hydrogen) atoms. The molecule has 0 aliphatic heterocycles. The molecular weight excluding hydrogens is 436 g/mol. The van der Waals surface area contributed by atoms with Crippen molar-refractivity contribution < 1.29 is 14.7 Å². The van der Waals surface area contributed by atoms with Gasteiger partial charge >= 0.3 is 0 Å². The molecule has 1 heterocycles. The predicted octanol–water partition coefficient (Wildman–Crippen LogP) is 6.14. The summed E-state index contributed by atoms with van der Waals surface area (Å²) >= 11 is 0. The van der Waals surface area contributed by atoms with Crippen LogP contribution in [0.4, 0.5) is 0 Å². The van der Waals surface area contributed by atoms with E-state index in [1.807, 2.05) is 0 Å². The average molecular weight is 485 g/mol. The lowest BCUT2D eigenvalue weighted by Gasteiger charge is -2.64. The maximum atomic E-state index is 11.9. The van der Waals surface area contributed by atoms with Gasteiger partial charge in [0.25, 0.3) is 0 Å². The molecular formula is C30H48N2O3. The van der Waals surface area contributed by atoms with Crippen LogP contribution in [0.15, 0.2) is 4.52 Å². The first-order valence-electron chi connectivity index (χ1n) is 14.9. The topological polar surface area (TPSA) is 79.4 Å². The lowest BCUT2D eigenvalue weighted by molar-refractivity contribution is -0.203. The Kier molecular flexibility index (Phi) is 6.15. The van der Waals surface area contributed by atoms with E-state index in [2.05, 4.69) is 37.8 Å². The summed E-state index contributed by atoms with van der Waals surface area (Å²) in [5.74, 6) is 6.15. The van der Waals surface area contributed by atoms with Crippen molar-refractivity contribution in [1.29, 1.82) is 0 Å². The number of nitrogens with zero attached hydrogens (tertiary/aromatic N) is 2. The molecule has 5 saturated carbocycles. The van der Waals surface area contributed by atoms with Crippen LogP contribution in [0.5, 0.6) is 0 Å². The highest BCUT2D eigenvalue weighted by molar-refractivity contribution is 5.13. The fourth-order valence-electron chi connectivity index (χ4n) is 10.4. The van der Waals surface area contributed by atoms with E-state index in [-0.39, 0.29) is 17.6 Å². The Balaban J connectivity index is 1.19. The van der Waals surface area contributed by atoms with E-state index < -0.39 is 0 Å². The molecule has 5 aliphatic rings. The van der Waals surface area contributed by atoms with Crippen molar-refractivity contribution in [3.8, 4) is 0 Å². The molecule has 1 aromatic heterocycles. The summed E-state index contributed by atoms with van der Waals surface area (Å²) in [5, 5.41) is 26.6. The van der Waals surface area contributed by atoms with Crippen LogP contribution >= 0.6 is 0 Å². The molecule has 0 bridgehead atoms. The second kappa shape index (κ2) is 8.82. The lowest BCUT2D eigenvalue weighted by atomic mass is 9.41. The van der Waals surface area contributed by atoms with Crippen LogP contribution in [-0.2, 0) is 6.42 Å². The minimum atomic E-state index is -0.203. The molecule has 0 spiro atoms. The van der Waals surface area contributed by atoms with Crippen LogP contribution in [-0.4, -0.2) is 32.6 Å². The molecule has 2 N–H and O–H groups in total. The van der Waals surface area contributed by atoms with Gasteiger partial charge in [0.1, 0.15) is 0 Å². The van der Waals surface area contributed by atoms with E-state index in [4.69, 9.17) is 4.52 Å². The molecule has 1 aromatic rings. The Morgan fingerprint density at radius 3 is 2.46 bits per heavy atom. The maximum absolute atomic E-state index is 11.9. The summed E-state index contributed by atoms with van der Waals surface area (Å²) in [5.41, 5.74) is 0.608. The van der Waals surface area contributed by atoms with Gasteiger partial charge in [-0.05, 0) is 116 Å². The van der Waals surface area contributed by atoms with Crippen molar-refractivity contribution in [2.45, 2.75) is 123 Å². The van der Waals surface area contributed by atoms with Crippen molar-refractivity contribution in [2.75, 3.05) is 0 Å². The maximum Gasteiger partial charge on any atom is 0.226 e. The van der Waals surface area contributed by atoms with Gasteiger partial charge in [-0.2, -0.15) is 4.98 Å². The van der Waals surface area contributed by atoms with Crippen molar-refractivity contribution in [2.24, 2.45) is 52.3 Å². The van der Waals surface area contributed by atoms with Crippen LogP contribution in [0.25, 0.3) is 0 Å². The molecule has 0 saturated heterocycles. The molecule has 196 valence electrons. The van der Waals surface area contributed by atoms with E-state index in [9.17, 15) is 10.2 Å². The van der Waals surface area contributed by atoms with E-state index in [1.54, 1.807) is 0 Å². The highest BCUT2D eigenvalue weighted by atomic mass is 16.5. The number of hydrogen-bond acceptors (Lipinski definition) is 5. The first kappa shape index (κ1) is 24.4. The average Bonchev–Trinajstić information content (AvgIpc) is 3.47. The number of rotatable bonds is 6. The first-order chi connectivity index (χ1) is 16.8. The lowest BCUT2D eigenvalue weighted by Crippen LogP contribution is -2.62. The quantitative estimate of drug-likeness (QED) is 0.507. The summed E-state index contributed by atoms with van der Waals surface area (Å²) < 4.78 is 5.58. The largest absolute Gasteiger partial charge is 0.393 e. The van der Waals surface area contributed by atoms with Crippen molar-refractivity contribution >= 4 is 0 Å². The van der Waals surface area contributed by atoms with Crippen LogP contribution in [0.2, 0.25) is 0 Å². The highest BCUT2D eigenvalue weighted by Crippen LogP contribution is 2.69. The Bertz CT molecular complexity index is 913. The van der Waals surface area contributed by atoms with Gasteiger partial charge in [0.05, 0.1) is 12.2 Å². The molecule has 0 radical (unpaired) electrons. The molecule has 11 atom stereocenters. The standard InChI is InChI=1S/C30H48N2O3/c1-5-20-24-16-19(33)12-14-30(24,4)23-13-15-29(3)21(9-10-22(29)26(23)27(20)34)17(2)6-11-25-31-28(32-35-25)18-7-8-18/h17-24,26-27,33-34H,5-16H2,1-4H3/t17-,19-,20-,21?,22+,23+,24?,26+,27-,29?,30?/m1/s1. The Morgan fingerprint density at radius 2 is 1.71 bits per heavy atom. The van der Waals surface area contributed by atoms with E-state index in [0.29, 0.717) is 52.8 Å². The Morgan fingerprint density at radius 1 is 0.971 bits per heavy atom. The van der Waals surface area contributed by atoms with Crippen LogP contribution in [0.1, 0.15) is 116 Å². The zero-order valence-corrected chi connectivity index (χ0v) is 22.5. The van der Waals surface area contributed by atoms with Crippen molar-refractivity contribution in [1.82, 2.24) is 10.1 Å². The summed E-state index contributed by atoms with van der Waals surface area (Å²) in [7, 11) is 0. The third kappa shape index (κ3) is 3.85.